The number of hydrogen-bond acceptors (Lipinski definition) is 4. The monoisotopic (exact) mass is 217 g/mol. The predicted octanol–water partition coefficient (Wildman–Crippen LogP) is 0.746. The minimum Gasteiger partial charge on any atom is -0.396 e. The molecular formula is C11H23NO3. The van der Waals surface area contributed by atoms with Crippen molar-refractivity contribution in [2.24, 2.45) is 5.41 Å². The number of aliphatic hydroxyl groups is 1. The highest BCUT2D eigenvalue weighted by Crippen LogP contribution is 2.18. The SMILES string of the molecule is CC(C)(CO)CNC1COC(C)(C)OC1. The molecule has 15 heavy (non-hydrogen) atoms. The van der Waals surface area contributed by atoms with Gasteiger partial charge in [-0.3, -0.25) is 0 Å². The molecule has 1 aliphatic heterocycles. The molecule has 0 unspecified atom stereocenters. The predicted molar refractivity (Wildman–Crippen MR) is 58.6 cm³/mol. The Kier molecular flexibility index (Phi) is 4.12. The van der Waals surface area contributed by atoms with Crippen molar-refractivity contribution in [3.8, 4) is 0 Å². The Morgan fingerprint density at radius 2 is 1.87 bits per heavy atom. The van der Waals surface area contributed by atoms with Crippen molar-refractivity contribution < 1.29 is 14.6 Å². The van der Waals surface area contributed by atoms with Gasteiger partial charge in [-0.05, 0) is 13.8 Å². The number of aliphatic hydroxyl groups excluding tert-OH is 1. The molecule has 0 radical (unpaired) electrons. The van der Waals surface area contributed by atoms with E-state index in [-0.39, 0.29) is 18.1 Å². The molecular weight excluding hydrogens is 194 g/mol. The van der Waals surface area contributed by atoms with Crippen LogP contribution in [0.15, 0.2) is 0 Å². The zero-order valence-electron chi connectivity index (χ0n) is 10.2. The molecule has 1 aliphatic rings. The van der Waals surface area contributed by atoms with Crippen molar-refractivity contribution >= 4 is 0 Å². The van der Waals surface area contributed by atoms with Gasteiger partial charge in [-0.1, -0.05) is 13.8 Å². The average molecular weight is 217 g/mol. The first-order chi connectivity index (χ1) is 6.85. The molecule has 0 spiro atoms. The van der Waals surface area contributed by atoms with Gasteiger partial charge in [-0.25, -0.2) is 0 Å². The lowest BCUT2D eigenvalue weighted by molar-refractivity contribution is -0.253. The largest absolute Gasteiger partial charge is 0.396 e. The fourth-order valence-corrected chi connectivity index (χ4v) is 1.29. The lowest BCUT2D eigenvalue weighted by Gasteiger charge is -2.36. The minimum absolute atomic E-state index is 0.0903. The van der Waals surface area contributed by atoms with E-state index >= 15 is 0 Å². The fraction of sp³-hybridized carbons (Fsp3) is 1.00. The number of nitrogens with one attached hydrogen (secondary N) is 1. The van der Waals surface area contributed by atoms with E-state index in [0.717, 1.165) is 6.54 Å². The molecule has 4 heteroatoms. The summed E-state index contributed by atoms with van der Waals surface area (Å²) < 4.78 is 11.1. The van der Waals surface area contributed by atoms with Crippen LogP contribution in [0, 0.1) is 5.41 Å². The highest BCUT2D eigenvalue weighted by atomic mass is 16.7. The number of ether oxygens (including phenoxy) is 2. The molecule has 90 valence electrons. The Balaban J connectivity index is 2.25. The van der Waals surface area contributed by atoms with E-state index < -0.39 is 5.79 Å². The maximum atomic E-state index is 9.10. The van der Waals surface area contributed by atoms with Crippen molar-refractivity contribution in [1.82, 2.24) is 5.32 Å². The molecule has 4 nitrogen and oxygen atoms in total. The highest BCUT2D eigenvalue weighted by molar-refractivity contribution is 4.77. The van der Waals surface area contributed by atoms with Crippen LogP contribution in [0.1, 0.15) is 27.7 Å². The second-order valence-corrected chi connectivity index (χ2v) is 5.42. The fourth-order valence-electron chi connectivity index (χ4n) is 1.29. The summed E-state index contributed by atoms with van der Waals surface area (Å²) >= 11 is 0. The Bertz CT molecular complexity index is 194. The standard InChI is InChI=1S/C11H23NO3/c1-10(2,8-13)7-12-9-5-14-11(3,4)15-6-9/h9,12-13H,5-8H2,1-4H3. The zero-order chi connectivity index (χ0) is 11.5. The average Bonchev–Trinajstić information content (AvgIpc) is 2.16. The molecule has 0 bridgehead atoms. The van der Waals surface area contributed by atoms with Crippen LogP contribution in [0.5, 0.6) is 0 Å². The molecule has 1 rings (SSSR count). The molecule has 1 heterocycles. The normalized spacial score (nSPS) is 23.0. The first kappa shape index (κ1) is 12.9. The van der Waals surface area contributed by atoms with Crippen LogP contribution in [0.2, 0.25) is 0 Å². The Morgan fingerprint density at radius 1 is 1.33 bits per heavy atom. The van der Waals surface area contributed by atoms with Gasteiger partial charge in [-0.15, -0.1) is 0 Å². The molecule has 1 saturated heterocycles. The van der Waals surface area contributed by atoms with Gasteiger partial charge in [0.05, 0.1) is 19.3 Å². The maximum absolute atomic E-state index is 9.10. The van der Waals surface area contributed by atoms with Gasteiger partial charge in [0.25, 0.3) is 0 Å². The summed E-state index contributed by atoms with van der Waals surface area (Å²) in [6.07, 6.45) is 0. The lowest BCUT2D eigenvalue weighted by atomic mass is 9.94. The van der Waals surface area contributed by atoms with Gasteiger partial charge in [0.15, 0.2) is 5.79 Å². The van der Waals surface area contributed by atoms with E-state index in [2.05, 4.69) is 5.32 Å². The third kappa shape index (κ3) is 4.47. The molecule has 0 saturated carbocycles. The van der Waals surface area contributed by atoms with Crippen LogP contribution >= 0.6 is 0 Å². The van der Waals surface area contributed by atoms with Crippen LogP contribution < -0.4 is 5.32 Å². The van der Waals surface area contributed by atoms with Gasteiger partial charge in [-0.2, -0.15) is 0 Å². The number of hydrogen-bond donors (Lipinski definition) is 2. The second-order valence-electron chi connectivity index (χ2n) is 5.42. The van der Waals surface area contributed by atoms with Crippen molar-refractivity contribution in [3.63, 3.8) is 0 Å². The number of rotatable bonds is 4. The Morgan fingerprint density at radius 3 is 2.33 bits per heavy atom. The first-order valence-electron chi connectivity index (χ1n) is 5.47. The van der Waals surface area contributed by atoms with E-state index in [1.165, 1.54) is 0 Å². The smallest absolute Gasteiger partial charge is 0.162 e. The summed E-state index contributed by atoms with van der Waals surface area (Å²) in [6.45, 7) is 10.1. The molecule has 0 atom stereocenters. The molecule has 0 aliphatic carbocycles. The van der Waals surface area contributed by atoms with E-state index in [0.29, 0.717) is 13.2 Å². The zero-order valence-corrected chi connectivity index (χ0v) is 10.2. The molecule has 1 fully saturated rings. The van der Waals surface area contributed by atoms with E-state index in [1.807, 2.05) is 27.7 Å². The van der Waals surface area contributed by atoms with Gasteiger partial charge in [0, 0.05) is 18.6 Å². The van der Waals surface area contributed by atoms with Gasteiger partial charge in [0.1, 0.15) is 0 Å². The third-order valence-electron chi connectivity index (χ3n) is 2.56. The molecule has 2 N–H and O–H groups in total. The van der Waals surface area contributed by atoms with E-state index in [1.54, 1.807) is 0 Å². The summed E-state index contributed by atoms with van der Waals surface area (Å²) in [4.78, 5) is 0. The van der Waals surface area contributed by atoms with E-state index in [9.17, 15) is 0 Å². The van der Waals surface area contributed by atoms with Crippen LogP contribution in [-0.2, 0) is 9.47 Å². The Hall–Kier alpha value is -0.160. The molecule has 0 amide bonds. The summed E-state index contributed by atoms with van der Waals surface area (Å²) in [7, 11) is 0. The first-order valence-corrected chi connectivity index (χ1v) is 5.47. The van der Waals surface area contributed by atoms with Gasteiger partial charge >= 0.3 is 0 Å². The van der Waals surface area contributed by atoms with Gasteiger partial charge < -0.3 is 19.9 Å². The van der Waals surface area contributed by atoms with Gasteiger partial charge in [0.2, 0.25) is 0 Å². The summed E-state index contributed by atoms with van der Waals surface area (Å²) in [5, 5.41) is 12.4. The summed E-state index contributed by atoms with van der Waals surface area (Å²) in [5.41, 5.74) is -0.0903. The van der Waals surface area contributed by atoms with Crippen molar-refractivity contribution in [2.45, 2.75) is 39.5 Å². The topological polar surface area (TPSA) is 50.7 Å². The molecule has 0 aromatic heterocycles. The minimum atomic E-state index is -0.454. The molecule has 0 aromatic rings. The van der Waals surface area contributed by atoms with Crippen LogP contribution in [0.4, 0.5) is 0 Å². The van der Waals surface area contributed by atoms with Crippen molar-refractivity contribution in [1.29, 1.82) is 0 Å². The molecule has 0 aromatic carbocycles. The van der Waals surface area contributed by atoms with Crippen molar-refractivity contribution in [2.75, 3.05) is 26.4 Å². The summed E-state index contributed by atoms with van der Waals surface area (Å²) in [6, 6.07) is 0.226. The van der Waals surface area contributed by atoms with Crippen molar-refractivity contribution in [3.05, 3.63) is 0 Å². The van der Waals surface area contributed by atoms with Crippen LogP contribution in [-0.4, -0.2) is 43.3 Å². The second kappa shape index (κ2) is 4.78. The third-order valence-corrected chi connectivity index (χ3v) is 2.56. The van der Waals surface area contributed by atoms with Crippen LogP contribution in [0.3, 0.4) is 0 Å². The highest BCUT2D eigenvalue weighted by Gasteiger charge is 2.29. The summed E-state index contributed by atoms with van der Waals surface area (Å²) in [5.74, 6) is -0.454. The van der Waals surface area contributed by atoms with E-state index in [4.69, 9.17) is 14.6 Å². The quantitative estimate of drug-likeness (QED) is 0.729. The Labute approximate surface area is 92.0 Å². The lowest BCUT2D eigenvalue weighted by Crippen LogP contribution is -2.50. The van der Waals surface area contributed by atoms with Crippen LogP contribution in [0.25, 0.3) is 0 Å². The maximum Gasteiger partial charge on any atom is 0.162 e.